The van der Waals surface area contributed by atoms with Gasteiger partial charge in [0.05, 0.1) is 6.10 Å². The average molecular weight is 252 g/mol. The van der Waals surface area contributed by atoms with Crippen LogP contribution >= 0.6 is 0 Å². The molecule has 0 saturated carbocycles. The number of nitrogens with zero attached hydrogens (tertiary/aromatic N) is 3. The Labute approximate surface area is 106 Å². The molecule has 6 nitrogen and oxygen atoms in total. The Hall–Kier alpha value is -1.43. The predicted octanol–water partition coefficient (Wildman–Crippen LogP) is 0.771. The minimum absolute atomic E-state index is 0.195. The lowest BCUT2D eigenvalue weighted by Crippen LogP contribution is -2.46. The van der Waals surface area contributed by atoms with Gasteiger partial charge in [-0.25, -0.2) is 4.98 Å². The molecule has 1 aromatic rings. The van der Waals surface area contributed by atoms with Gasteiger partial charge in [0.15, 0.2) is 0 Å². The molecule has 0 bridgehead atoms. The molecule has 0 spiro atoms. The first-order valence-corrected chi connectivity index (χ1v) is 6.38. The highest BCUT2D eigenvalue weighted by molar-refractivity contribution is 5.90. The average Bonchev–Trinajstić information content (AvgIpc) is 2.81. The molecule has 1 aliphatic rings. The number of nitrogens with one attached hydrogen (secondary N) is 1. The van der Waals surface area contributed by atoms with E-state index in [-0.39, 0.29) is 23.6 Å². The lowest BCUT2D eigenvalue weighted by Gasteiger charge is -2.33. The molecule has 1 saturated heterocycles. The van der Waals surface area contributed by atoms with Gasteiger partial charge in [-0.3, -0.25) is 9.89 Å². The number of H-pyrrole nitrogens is 1. The van der Waals surface area contributed by atoms with E-state index in [4.69, 9.17) is 0 Å². The number of carbonyl (C=O) groups is 1. The molecule has 1 fully saturated rings. The topological polar surface area (TPSA) is 82.1 Å². The maximum atomic E-state index is 12.2. The lowest BCUT2D eigenvalue weighted by molar-refractivity contribution is 0.0241. The van der Waals surface area contributed by atoms with Crippen molar-refractivity contribution in [1.29, 1.82) is 0 Å². The van der Waals surface area contributed by atoms with Crippen LogP contribution in [0.5, 0.6) is 0 Å². The lowest BCUT2D eigenvalue weighted by atomic mass is 9.96. The summed E-state index contributed by atoms with van der Waals surface area (Å²) < 4.78 is 0. The Balaban J connectivity index is 2.06. The summed E-state index contributed by atoms with van der Waals surface area (Å²) in [5.74, 6) is 1.16. The number of hydrogen-bond donors (Lipinski definition) is 2. The van der Waals surface area contributed by atoms with Gasteiger partial charge in [0, 0.05) is 19.0 Å². The first kappa shape index (κ1) is 13.0. The first-order valence-electron chi connectivity index (χ1n) is 6.38. The van der Waals surface area contributed by atoms with E-state index in [0.717, 1.165) is 6.42 Å². The van der Waals surface area contributed by atoms with Crippen LogP contribution in [-0.4, -0.2) is 50.3 Å². The number of amides is 1. The van der Waals surface area contributed by atoms with Crippen LogP contribution in [0.25, 0.3) is 0 Å². The highest BCUT2D eigenvalue weighted by Crippen LogP contribution is 2.18. The van der Waals surface area contributed by atoms with E-state index < -0.39 is 6.10 Å². The third-order valence-corrected chi connectivity index (χ3v) is 3.45. The fraction of sp³-hybridized carbons (Fsp3) is 0.750. The SMILES string of the molecule is CC(C)c1nc(C(=O)N2CCC(C)C(O)C2)n[nH]1. The summed E-state index contributed by atoms with van der Waals surface area (Å²) >= 11 is 0. The maximum absolute atomic E-state index is 12.2. The van der Waals surface area contributed by atoms with Crippen molar-refractivity contribution in [3.8, 4) is 0 Å². The number of hydrogen-bond acceptors (Lipinski definition) is 4. The zero-order valence-corrected chi connectivity index (χ0v) is 11.1. The number of aliphatic hydroxyl groups excluding tert-OH is 1. The third kappa shape index (κ3) is 2.53. The Bertz CT molecular complexity index is 429. The maximum Gasteiger partial charge on any atom is 0.293 e. The molecule has 2 rings (SSSR count). The second-order valence-corrected chi connectivity index (χ2v) is 5.28. The van der Waals surface area contributed by atoms with Crippen molar-refractivity contribution < 1.29 is 9.90 Å². The van der Waals surface area contributed by atoms with E-state index in [0.29, 0.717) is 18.9 Å². The van der Waals surface area contributed by atoms with Crippen LogP contribution in [0.1, 0.15) is 49.6 Å². The molecule has 1 amide bonds. The molecular weight excluding hydrogens is 232 g/mol. The van der Waals surface area contributed by atoms with Gasteiger partial charge >= 0.3 is 0 Å². The number of aliphatic hydroxyl groups is 1. The van der Waals surface area contributed by atoms with Crippen molar-refractivity contribution >= 4 is 5.91 Å². The van der Waals surface area contributed by atoms with Crippen LogP contribution in [0.15, 0.2) is 0 Å². The highest BCUT2D eigenvalue weighted by Gasteiger charge is 2.29. The Morgan fingerprint density at radius 3 is 2.83 bits per heavy atom. The largest absolute Gasteiger partial charge is 0.391 e. The smallest absolute Gasteiger partial charge is 0.293 e. The molecule has 18 heavy (non-hydrogen) atoms. The fourth-order valence-corrected chi connectivity index (χ4v) is 2.00. The number of likely N-dealkylation sites (tertiary alicyclic amines) is 1. The van der Waals surface area contributed by atoms with Crippen LogP contribution in [0.2, 0.25) is 0 Å². The molecule has 2 unspecified atom stereocenters. The van der Waals surface area contributed by atoms with Crippen molar-refractivity contribution in [1.82, 2.24) is 20.1 Å². The number of rotatable bonds is 2. The second kappa shape index (κ2) is 5.06. The summed E-state index contributed by atoms with van der Waals surface area (Å²) in [6.07, 6.45) is 0.361. The second-order valence-electron chi connectivity index (χ2n) is 5.28. The molecule has 0 aliphatic carbocycles. The van der Waals surface area contributed by atoms with E-state index in [1.807, 2.05) is 20.8 Å². The van der Waals surface area contributed by atoms with Crippen LogP contribution in [0, 0.1) is 5.92 Å². The first-order chi connectivity index (χ1) is 8.49. The minimum Gasteiger partial charge on any atom is -0.391 e. The number of aromatic nitrogens is 3. The van der Waals surface area contributed by atoms with Gasteiger partial charge in [-0.05, 0) is 12.3 Å². The van der Waals surface area contributed by atoms with E-state index >= 15 is 0 Å². The third-order valence-electron chi connectivity index (χ3n) is 3.45. The van der Waals surface area contributed by atoms with E-state index in [1.165, 1.54) is 0 Å². The van der Waals surface area contributed by atoms with Gasteiger partial charge in [0.25, 0.3) is 5.91 Å². The standard InChI is InChI=1S/C12H20N4O2/c1-7(2)10-13-11(15-14-10)12(18)16-5-4-8(3)9(17)6-16/h7-9,17H,4-6H2,1-3H3,(H,13,14,15). The summed E-state index contributed by atoms with van der Waals surface area (Å²) in [7, 11) is 0. The molecule has 6 heteroatoms. The molecule has 2 N–H and O–H groups in total. The minimum atomic E-state index is -0.453. The normalized spacial score (nSPS) is 24.6. The van der Waals surface area contributed by atoms with Gasteiger partial charge in [-0.1, -0.05) is 20.8 Å². The summed E-state index contributed by atoms with van der Waals surface area (Å²) in [5, 5.41) is 16.5. The predicted molar refractivity (Wildman–Crippen MR) is 66.2 cm³/mol. The summed E-state index contributed by atoms with van der Waals surface area (Å²) in [5.41, 5.74) is 0. The van der Waals surface area contributed by atoms with Crippen molar-refractivity contribution in [3.05, 3.63) is 11.6 Å². The van der Waals surface area contributed by atoms with E-state index in [9.17, 15) is 9.90 Å². The molecule has 1 aliphatic heterocycles. The van der Waals surface area contributed by atoms with Crippen LogP contribution in [0.4, 0.5) is 0 Å². The van der Waals surface area contributed by atoms with Gasteiger partial charge < -0.3 is 10.0 Å². The van der Waals surface area contributed by atoms with Gasteiger partial charge in [0.2, 0.25) is 5.82 Å². The van der Waals surface area contributed by atoms with Crippen molar-refractivity contribution in [2.45, 2.75) is 39.2 Å². The quantitative estimate of drug-likeness (QED) is 0.814. The Morgan fingerprint density at radius 2 is 2.28 bits per heavy atom. The van der Waals surface area contributed by atoms with Gasteiger partial charge in [-0.2, -0.15) is 0 Å². The number of piperidine rings is 1. The Morgan fingerprint density at radius 1 is 1.56 bits per heavy atom. The zero-order valence-electron chi connectivity index (χ0n) is 11.1. The number of β-amino-alcohol motifs (C(OH)–C–C–N with tert-alkyl or cyclic N) is 1. The van der Waals surface area contributed by atoms with Crippen molar-refractivity contribution in [3.63, 3.8) is 0 Å². The molecular formula is C12H20N4O2. The van der Waals surface area contributed by atoms with Crippen molar-refractivity contribution in [2.75, 3.05) is 13.1 Å². The zero-order chi connectivity index (χ0) is 13.3. The number of carbonyl (C=O) groups excluding carboxylic acids is 1. The highest BCUT2D eigenvalue weighted by atomic mass is 16.3. The molecule has 0 radical (unpaired) electrons. The van der Waals surface area contributed by atoms with Crippen LogP contribution in [0.3, 0.4) is 0 Å². The number of aromatic amines is 1. The summed E-state index contributed by atoms with van der Waals surface area (Å²) in [6, 6.07) is 0. The Kier molecular flexibility index (Phi) is 3.65. The van der Waals surface area contributed by atoms with Gasteiger partial charge in [0.1, 0.15) is 5.82 Å². The monoisotopic (exact) mass is 252 g/mol. The molecule has 100 valence electrons. The summed E-state index contributed by atoms with van der Waals surface area (Å²) in [4.78, 5) is 18.0. The van der Waals surface area contributed by atoms with Crippen LogP contribution in [-0.2, 0) is 0 Å². The molecule has 1 aromatic heterocycles. The molecule has 0 aromatic carbocycles. The van der Waals surface area contributed by atoms with E-state index in [1.54, 1.807) is 4.90 Å². The van der Waals surface area contributed by atoms with E-state index in [2.05, 4.69) is 15.2 Å². The van der Waals surface area contributed by atoms with Gasteiger partial charge in [-0.15, -0.1) is 5.10 Å². The van der Waals surface area contributed by atoms with Crippen molar-refractivity contribution in [2.24, 2.45) is 5.92 Å². The summed E-state index contributed by atoms with van der Waals surface area (Å²) in [6.45, 7) is 6.99. The molecule has 2 atom stereocenters. The molecule has 2 heterocycles. The van der Waals surface area contributed by atoms with Crippen LogP contribution < -0.4 is 0 Å². The fourth-order valence-electron chi connectivity index (χ4n) is 2.00.